The van der Waals surface area contributed by atoms with Gasteiger partial charge in [0.1, 0.15) is 12.1 Å². The second-order valence-corrected chi connectivity index (χ2v) is 5.49. The Kier molecular flexibility index (Phi) is 6.57. The Labute approximate surface area is 122 Å². The van der Waals surface area contributed by atoms with E-state index >= 15 is 0 Å². The molecule has 0 bridgehead atoms. The molecular formula is C16H26N2O2. The average molecular weight is 278 g/mol. The Balaban J connectivity index is 2.76. The second-order valence-electron chi connectivity index (χ2n) is 5.49. The second kappa shape index (κ2) is 7.94. The van der Waals surface area contributed by atoms with Crippen LogP contribution in [0.25, 0.3) is 0 Å². The van der Waals surface area contributed by atoms with Crippen molar-refractivity contribution in [2.45, 2.75) is 65.0 Å². The van der Waals surface area contributed by atoms with Gasteiger partial charge in [-0.25, -0.2) is 0 Å². The first-order chi connectivity index (χ1) is 9.56. The Hall–Kier alpha value is -1.50. The lowest BCUT2D eigenvalue weighted by Gasteiger charge is -2.40. The monoisotopic (exact) mass is 278 g/mol. The molecule has 112 valence electrons. The maximum Gasteiger partial charge on any atom is 0.246 e. The van der Waals surface area contributed by atoms with Gasteiger partial charge in [-0.1, -0.05) is 27.2 Å². The molecule has 0 aromatic rings. The van der Waals surface area contributed by atoms with Crippen molar-refractivity contribution in [1.29, 1.82) is 0 Å². The van der Waals surface area contributed by atoms with E-state index in [2.05, 4.69) is 11.2 Å². The van der Waals surface area contributed by atoms with Gasteiger partial charge in [0, 0.05) is 13.0 Å². The Bertz CT molecular complexity index is 386. The molecule has 1 saturated heterocycles. The van der Waals surface area contributed by atoms with Crippen molar-refractivity contribution in [3.63, 3.8) is 0 Å². The largest absolute Gasteiger partial charge is 0.342 e. The fourth-order valence-electron chi connectivity index (χ4n) is 2.59. The summed E-state index contributed by atoms with van der Waals surface area (Å²) in [5, 5.41) is 2.89. The van der Waals surface area contributed by atoms with Crippen molar-refractivity contribution < 1.29 is 9.59 Å². The number of unbranched alkanes of at least 4 members (excludes halogenated alkanes) is 2. The normalized spacial score (nSPS) is 24.2. The Morgan fingerprint density at radius 2 is 2.05 bits per heavy atom. The summed E-state index contributed by atoms with van der Waals surface area (Å²) >= 11 is 0. The van der Waals surface area contributed by atoms with Crippen LogP contribution < -0.4 is 5.32 Å². The lowest BCUT2D eigenvalue weighted by molar-refractivity contribution is -0.151. The van der Waals surface area contributed by atoms with Crippen LogP contribution in [0.3, 0.4) is 0 Å². The molecule has 0 saturated carbocycles. The van der Waals surface area contributed by atoms with Crippen LogP contribution in [0, 0.1) is 18.3 Å². The zero-order valence-corrected chi connectivity index (χ0v) is 12.8. The number of carbonyl (C=O) groups excluding carboxylic acids is 2. The van der Waals surface area contributed by atoms with Gasteiger partial charge in [-0.15, -0.1) is 12.3 Å². The third-order valence-electron chi connectivity index (χ3n) is 4.10. The first kappa shape index (κ1) is 16.6. The molecule has 3 unspecified atom stereocenters. The first-order valence-corrected chi connectivity index (χ1v) is 7.61. The number of amides is 2. The van der Waals surface area contributed by atoms with Gasteiger partial charge >= 0.3 is 0 Å². The highest BCUT2D eigenvalue weighted by molar-refractivity contribution is 5.97. The smallest absolute Gasteiger partial charge is 0.246 e. The standard InChI is InChI=1S/C16H26N2O2/c1-5-8-9-10-11-18-13(7-3)15(19)17-14(16(18)20)12(4)6-2/h1,12-14H,6-11H2,2-4H3,(H,17,19). The number of hydrogen-bond donors (Lipinski definition) is 1. The zero-order chi connectivity index (χ0) is 15.1. The van der Waals surface area contributed by atoms with Gasteiger partial charge in [0.05, 0.1) is 0 Å². The SMILES string of the molecule is C#CCCCCN1C(=O)C(C(C)CC)NC(=O)C1CC. The third-order valence-corrected chi connectivity index (χ3v) is 4.10. The maximum atomic E-state index is 12.6. The molecule has 1 fully saturated rings. The van der Waals surface area contributed by atoms with E-state index in [1.165, 1.54) is 0 Å². The molecule has 1 rings (SSSR count). The molecule has 0 aliphatic carbocycles. The minimum absolute atomic E-state index is 0.0191. The van der Waals surface area contributed by atoms with Crippen LogP contribution in [-0.2, 0) is 9.59 Å². The van der Waals surface area contributed by atoms with E-state index in [-0.39, 0.29) is 29.8 Å². The van der Waals surface area contributed by atoms with Crippen molar-refractivity contribution in [1.82, 2.24) is 10.2 Å². The van der Waals surface area contributed by atoms with E-state index < -0.39 is 0 Å². The summed E-state index contributed by atoms with van der Waals surface area (Å²) < 4.78 is 0. The minimum atomic E-state index is -0.372. The van der Waals surface area contributed by atoms with Crippen LogP contribution in [0.2, 0.25) is 0 Å². The van der Waals surface area contributed by atoms with Crippen LogP contribution in [0.15, 0.2) is 0 Å². The van der Waals surface area contributed by atoms with E-state index in [0.29, 0.717) is 13.0 Å². The highest BCUT2D eigenvalue weighted by Crippen LogP contribution is 2.20. The summed E-state index contributed by atoms with van der Waals surface area (Å²) in [5.74, 6) is 2.81. The molecule has 4 nitrogen and oxygen atoms in total. The number of piperazine rings is 1. The number of rotatable bonds is 7. The lowest BCUT2D eigenvalue weighted by atomic mass is 9.93. The van der Waals surface area contributed by atoms with Gasteiger partial charge in [-0.2, -0.15) is 0 Å². The van der Waals surface area contributed by atoms with Crippen molar-refractivity contribution in [3.8, 4) is 12.3 Å². The topological polar surface area (TPSA) is 49.4 Å². The van der Waals surface area contributed by atoms with Crippen molar-refractivity contribution >= 4 is 11.8 Å². The zero-order valence-electron chi connectivity index (χ0n) is 12.8. The van der Waals surface area contributed by atoms with Gasteiger partial charge < -0.3 is 10.2 Å². The van der Waals surface area contributed by atoms with E-state index in [0.717, 1.165) is 25.7 Å². The molecule has 0 radical (unpaired) electrons. The van der Waals surface area contributed by atoms with Crippen LogP contribution in [0.4, 0.5) is 0 Å². The van der Waals surface area contributed by atoms with Gasteiger partial charge in [0.25, 0.3) is 0 Å². The quantitative estimate of drug-likeness (QED) is 0.571. The molecule has 0 aromatic heterocycles. The molecular weight excluding hydrogens is 252 g/mol. The number of terminal acetylenes is 1. The van der Waals surface area contributed by atoms with Crippen LogP contribution in [0.5, 0.6) is 0 Å². The van der Waals surface area contributed by atoms with Crippen molar-refractivity contribution in [2.24, 2.45) is 5.92 Å². The summed E-state index contributed by atoms with van der Waals surface area (Å²) in [7, 11) is 0. The molecule has 1 N–H and O–H groups in total. The summed E-state index contributed by atoms with van der Waals surface area (Å²) in [5.41, 5.74) is 0. The fraction of sp³-hybridized carbons (Fsp3) is 0.750. The maximum absolute atomic E-state index is 12.6. The predicted octanol–water partition coefficient (Wildman–Crippen LogP) is 1.94. The molecule has 3 atom stereocenters. The molecule has 2 amide bonds. The summed E-state index contributed by atoms with van der Waals surface area (Å²) in [6.07, 6.45) is 9.23. The van der Waals surface area contributed by atoms with Crippen LogP contribution in [-0.4, -0.2) is 35.3 Å². The minimum Gasteiger partial charge on any atom is -0.342 e. The summed E-state index contributed by atoms with van der Waals surface area (Å²) in [6, 6.07) is -0.698. The summed E-state index contributed by atoms with van der Waals surface area (Å²) in [6.45, 7) is 6.60. The highest BCUT2D eigenvalue weighted by Gasteiger charge is 2.40. The third kappa shape index (κ3) is 3.75. The van der Waals surface area contributed by atoms with Gasteiger partial charge in [-0.05, 0) is 25.2 Å². The number of carbonyl (C=O) groups is 2. The van der Waals surface area contributed by atoms with Crippen molar-refractivity contribution in [3.05, 3.63) is 0 Å². The predicted molar refractivity (Wildman–Crippen MR) is 79.9 cm³/mol. The number of hydrogen-bond acceptors (Lipinski definition) is 2. The van der Waals surface area contributed by atoms with Crippen molar-refractivity contribution in [2.75, 3.05) is 6.54 Å². The highest BCUT2D eigenvalue weighted by atomic mass is 16.2. The molecule has 1 heterocycles. The molecule has 0 aromatic carbocycles. The first-order valence-electron chi connectivity index (χ1n) is 7.61. The Morgan fingerprint density at radius 3 is 2.60 bits per heavy atom. The summed E-state index contributed by atoms with van der Waals surface area (Å²) in [4.78, 5) is 26.5. The van der Waals surface area contributed by atoms with Crippen LogP contribution >= 0.6 is 0 Å². The number of nitrogens with one attached hydrogen (secondary N) is 1. The van der Waals surface area contributed by atoms with E-state index in [1.54, 1.807) is 4.90 Å². The fourth-order valence-corrected chi connectivity index (χ4v) is 2.59. The van der Waals surface area contributed by atoms with Gasteiger partial charge in [0.15, 0.2) is 0 Å². The van der Waals surface area contributed by atoms with Gasteiger partial charge in [0.2, 0.25) is 11.8 Å². The van der Waals surface area contributed by atoms with Crippen LogP contribution in [0.1, 0.15) is 52.9 Å². The van der Waals surface area contributed by atoms with E-state index in [1.807, 2.05) is 20.8 Å². The molecule has 4 heteroatoms. The number of nitrogens with zero attached hydrogens (tertiary/aromatic N) is 1. The van der Waals surface area contributed by atoms with E-state index in [9.17, 15) is 9.59 Å². The average Bonchev–Trinajstić information content (AvgIpc) is 2.45. The molecule has 1 aliphatic rings. The molecule has 1 aliphatic heterocycles. The Morgan fingerprint density at radius 1 is 1.35 bits per heavy atom. The van der Waals surface area contributed by atoms with Gasteiger partial charge in [-0.3, -0.25) is 9.59 Å². The van der Waals surface area contributed by atoms with E-state index in [4.69, 9.17) is 6.42 Å². The lowest BCUT2D eigenvalue weighted by Crippen LogP contribution is -2.64. The molecule has 0 spiro atoms. The molecule has 20 heavy (non-hydrogen) atoms.